The Kier molecular flexibility index (Phi) is 7.03. The summed E-state index contributed by atoms with van der Waals surface area (Å²) < 4.78 is 39.3. The predicted molar refractivity (Wildman–Crippen MR) is 130 cm³/mol. The molecule has 1 aliphatic rings. The summed E-state index contributed by atoms with van der Waals surface area (Å²) in [5.74, 6) is -0.410. The minimum absolute atomic E-state index is 0.0480. The molecule has 1 aliphatic heterocycles. The number of anilines is 2. The second-order valence-corrected chi connectivity index (χ2v) is 8.77. The van der Waals surface area contributed by atoms with Crippen LogP contribution in [0.15, 0.2) is 66.7 Å². The molecule has 0 radical (unpaired) electrons. The van der Waals surface area contributed by atoms with Gasteiger partial charge in [-0.15, -0.1) is 0 Å². The minimum Gasteiger partial charge on any atom is -0.320 e. The lowest BCUT2D eigenvalue weighted by Crippen LogP contribution is -2.49. The third kappa shape index (κ3) is 5.59. The van der Waals surface area contributed by atoms with Crippen LogP contribution < -0.4 is 10.2 Å². The summed E-state index contributed by atoms with van der Waals surface area (Å²) in [7, 11) is 0. The van der Waals surface area contributed by atoms with Crippen LogP contribution in [-0.2, 0) is 12.7 Å². The van der Waals surface area contributed by atoms with Gasteiger partial charge in [0.05, 0.1) is 27.5 Å². The summed E-state index contributed by atoms with van der Waals surface area (Å²) in [6.07, 6.45) is -3.83. The van der Waals surface area contributed by atoms with Crippen LogP contribution in [0.1, 0.15) is 33.5 Å². The van der Waals surface area contributed by atoms with Gasteiger partial charge in [0.15, 0.2) is 0 Å². The lowest BCUT2D eigenvalue weighted by Gasteiger charge is -2.36. The van der Waals surface area contributed by atoms with Crippen LogP contribution in [0, 0.1) is 6.92 Å². The van der Waals surface area contributed by atoms with Crippen molar-refractivity contribution >= 4 is 34.9 Å². The zero-order valence-corrected chi connectivity index (χ0v) is 19.7. The summed E-state index contributed by atoms with van der Waals surface area (Å²) in [6, 6.07) is 16.7. The van der Waals surface area contributed by atoms with E-state index in [2.05, 4.69) is 5.32 Å². The van der Waals surface area contributed by atoms with E-state index in [0.717, 1.165) is 17.7 Å². The van der Waals surface area contributed by atoms with Gasteiger partial charge in [0.1, 0.15) is 0 Å². The molecule has 0 aromatic heterocycles. The smallest absolute Gasteiger partial charge is 0.320 e. The predicted octanol–water partition coefficient (Wildman–Crippen LogP) is 6.75. The van der Waals surface area contributed by atoms with Crippen LogP contribution in [0.25, 0.3) is 0 Å². The van der Waals surface area contributed by atoms with Gasteiger partial charge >= 0.3 is 12.2 Å². The number of nitrogens with zero attached hydrogens (tertiary/aromatic N) is 2. The molecule has 0 saturated carbocycles. The number of halogens is 4. The van der Waals surface area contributed by atoms with Gasteiger partial charge in [0, 0.05) is 19.6 Å². The van der Waals surface area contributed by atoms with E-state index in [1.807, 2.05) is 13.0 Å². The molecule has 0 bridgehead atoms. The SMILES string of the molecule is Cc1ccc(N2CCCN(Cc3cccc(C(F)(F)F)c3)C2=O)c(NC(=O)c2ccccc2Cl)c1. The first kappa shape index (κ1) is 24.6. The number of hydrogen-bond donors (Lipinski definition) is 1. The van der Waals surface area contributed by atoms with Crippen molar-refractivity contribution < 1.29 is 22.8 Å². The molecule has 9 heteroatoms. The molecule has 182 valence electrons. The first-order valence-corrected chi connectivity index (χ1v) is 11.4. The minimum atomic E-state index is -4.45. The summed E-state index contributed by atoms with van der Waals surface area (Å²) in [5.41, 5.74) is 1.79. The number of nitrogens with one attached hydrogen (secondary N) is 1. The van der Waals surface area contributed by atoms with Gasteiger partial charge in [-0.3, -0.25) is 9.69 Å². The van der Waals surface area contributed by atoms with Crippen molar-refractivity contribution in [3.63, 3.8) is 0 Å². The van der Waals surface area contributed by atoms with Gasteiger partial charge in [-0.25, -0.2) is 4.79 Å². The first-order chi connectivity index (χ1) is 16.6. The van der Waals surface area contributed by atoms with Crippen molar-refractivity contribution in [2.45, 2.75) is 26.1 Å². The molecule has 35 heavy (non-hydrogen) atoms. The normalized spacial score (nSPS) is 14.3. The molecule has 3 aromatic rings. The molecule has 3 aromatic carbocycles. The second-order valence-electron chi connectivity index (χ2n) is 8.36. The number of carbonyl (C=O) groups is 2. The Morgan fingerprint density at radius 3 is 2.54 bits per heavy atom. The number of alkyl halides is 3. The third-order valence-corrected chi connectivity index (χ3v) is 6.08. The molecule has 0 unspecified atom stereocenters. The molecule has 0 spiro atoms. The zero-order valence-electron chi connectivity index (χ0n) is 18.9. The van der Waals surface area contributed by atoms with Crippen LogP contribution >= 0.6 is 11.6 Å². The standard InChI is InChI=1S/C26H23ClF3N3O2/c1-17-10-11-23(22(14-17)31-24(34)20-8-2-3-9-21(20)27)33-13-5-12-32(25(33)35)16-18-6-4-7-19(15-18)26(28,29)30/h2-4,6-11,14-15H,5,12-13,16H2,1H3,(H,31,34). The Hall–Kier alpha value is -3.52. The zero-order chi connectivity index (χ0) is 25.2. The number of aryl methyl sites for hydroxylation is 1. The highest BCUT2D eigenvalue weighted by atomic mass is 35.5. The van der Waals surface area contributed by atoms with Crippen molar-refractivity contribution in [2.75, 3.05) is 23.3 Å². The number of benzene rings is 3. The van der Waals surface area contributed by atoms with Crippen LogP contribution in [0.5, 0.6) is 0 Å². The maximum atomic E-state index is 13.4. The Morgan fingerprint density at radius 1 is 1.03 bits per heavy atom. The van der Waals surface area contributed by atoms with Crippen molar-refractivity contribution in [1.82, 2.24) is 4.90 Å². The highest BCUT2D eigenvalue weighted by Gasteiger charge is 2.32. The van der Waals surface area contributed by atoms with E-state index in [0.29, 0.717) is 47.0 Å². The summed E-state index contributed by atoms with van der Waals surface area (Å²) in [4.78, 5) is 29.3. The third-order valence-electron chi connectivity index (χ3n) is 5.75. The van der Waals surface area contributed by atoms with Crippen molar-refractivity contribution in [3.05, 3.63) is 94.0 Å². The Labute approximate surface area is 206 Å². The van der Waals surface area contributed by atoms with E-state index in [9.17, 15) is 22.8 Å². The van der Waals surface area contributed by atoms with Gasteiger partial charge in [-0.2, -0.15) is 13.2 Å². The number of hydrogen-bond acceptors (Lipinski definition) is 2. The van der Waals surface area contributed by atoms with Crippen LogP contribution in [0.4, 0.5) is 29.3 Å². The first-order valence-electron chi connectivity index (χ1n) is 11.0. The Bertz CT molecular complexity index is 1260. The van der Waals surface area contributed by atoms with Crippen LogP contribution in [-0.4, -0.2) is 29.9 Å². The fraction of sp³-hybridized carbons (Fsp3) is 0.231. The number of amides is 3. The van der Waals surface area contributed by atoms with E-state index >= 15 is 0 Å². The molecular formula is C26H23ClF3N3O2. The number of rotatable bonds is 5. The van der Waals surface area contributed by atoms with E-state index in [1.165, 1.54) is 11.0 Å². The maximum Gasteiger partial charge on any atom is 0.416 e. The molecule has 1 heterocycles. The summed E-state index contributed by atoms with van der Waals surface area (Å²) in [6.45, 7) is 2.74. The molecule has 1 saturated heterocycles. The van der Waals surface area contributed by atoms with E-state index < -0.39 is 17.6 Å². The van der Waals surface area contributed by atoms with Crippen molar-refractivity contribution in [3.8, 4) is 0 Å². The fourth-order valence-corrected chi connectivity index (χ4v) is 4.26. The summed E-state index contributed by atoms with van der Waals surface area (Å²) >= 11 is 6.16. The average Bonchev–Trinajstić information content (AvgIpc) is 2.81. The van der Waals surface area contributed by atoms with Gasteiger partial charge < -0.3 is 10.2 Å². The van der Waals surface area contributed by atoms with E-state index in [-0.39, 0.29) is 12.6 Å². The average molecular weight is 502 g/mol. The molecule has 0 aliphatic carbocycles. The van der Waals surface area contributed by atoms with Crippen molar-refractivity contribution in [2.24, 2.45) is 0 Å². The largest absolute Gasteiger partial charge is 0.416 e. The highest BCUT2D eigenvalue weighted by molar-refractivity contribution is 6.34. The molecule has 3 amide bonds. The Balaban J connectivity index is 1.58. The van der Waals surface area contributed by atoms with Gasteiger partial charge in [-0.05, 0) is 60.9 Å². The Morgan fingerprint density at radius 2 is 1.80 bits per heavy atom. The maximum absolute atomic E-state index is 13.4. The molecular weight excluding hydrogens is 479 g/mol. The monoisotopic (exact) mass is 501 g/mol. The van der Waals surface area contributed by atoms with Gasteiger partial charge in [0.25, 0.3) is 5.91 Å². The van der Waals surface area contributed by atoms with Crippen molar-refractivity contribution in [1.29, 1.82) is 0 Å². The highest BCUT2D eigenvalue weighted by Crippen LogP contribution is 2.32. The lowest BCUT2D eigenvalue weighted by atomic mass is 10.1. The molecule has 1 fully saturated rings. The second kappa shape index (κ2) is 10.00. The van der Waals surface area contributed by atoms with Gasteiger partial charge in [0.2, 0.25) is 0 Å². The van der Waals surface area contributed by atoms with Crippen LogP contribution in [0.2, 0.25) is 5.02 Å². The summed E-state index contributed by atoms with van der Waals surface area (Å²) in [5, 5.41) is 3.16. The molecule has 0 atom stereocenters. The van der Waals surface area contributed by atoms with Gasteiger partial charge in [-0.1, -0.05) is 41.9 Å². The van der Waals surface area contributed by atoms with E-state index in [1.54, 1.807) is 47.4 Å². The molecule has 4 rings (SSSR count). The lowest BCUT2D eigenvalue weighted by molar-refractivity contribution is -0.137. The quantitative estimate of drug-likeness (QED) is 0.420. The number of carbonyl (C=O) groups excluding carboxylic acids is 2. The molecule has 5 nitrogen and oxygen atoms in total. The number of urea groups is 1. The molecule has 1 N–H and O–H groups in total. The van der Waals surface area contributed by atoms with E-state index in [4.69, 9.17) is 11.6 Å². The van der Waals surface area contributed by atoms with Crippen LogP contribution in [0.3, 0.4) is 0 Å². The topological polar surface area (TPSA) is 52.6 Å². The fourth-order valence-electron chi connectivity index (χ4n) is 4.04.